The summed E-state index contributed by atoms with van der Waals surface area (Å²) < 4.78 is 1.72. The Bertz CT molecular complexity index is 534. The molecule has 0 saturated heterocycles. The highest BCUT2D eigenvalue weighted by atomic mass is 35.5. The van der Waals surface area contributed by atoms with Crippen LogP contribution in [0, 0.1) is 6.92 Å². The van der Waals surface area contributed by atoms with E-state index in [9.17, 15) is 5.11 Å². The molecule has 5 heteroatoms. The first kappa shape index (κ1) is 13.1. The van der Waals surface area contributed by atoms with Gasteiger partial charge in [0.2, 0.25) is 0 Å². The quantitative estimate of drug-likeness (QED) is 0.928. The zero-order valence-electron chi connectivity index (χ0n) is 10.6. The van der Waals surface area contributed by atoms with E-state index < -0.39 is 6.10 Å². The van der Waals surface area contributed by atoms with Crippen LogP contribution in [0.4, 0.5) is 0 Å². The second kappa shape index (κ2) is 5.08. The summed E-state index contributed by atoms with van der Waals surface area (Å²) in [5, 5.41) is 15.0. The average Bonchev–Trinajstić information content (AvgIpc) is 2.71. The molecule has 18 heavy (non-hydrogen) atoms. The third-order valence-corrected chi connectivity index (χ3v) is 3.04. The summed E-state index contributed by atoms with van der Waals surface area (Å²) in [7, 11) is 0. The summed E-state index contributed by atoms with van der Waals surface area (Å²) >= 11 is 6.09. The monoisotopic (exact) mass is 265 g/mol. The average molecular weight is 266 g/mol. The lowest BCUT2D eigenvalue weighted by Crippen LogP contribution is -2.13. The number of aliphatic hydroxyl groups excluding tert-OH is 1. The highest BCUT2D eigenvalue weighted by molar-refractivity contribution is 6.31. The Morgan fingerprint density at radius 3 is 2.56 bits per heavy atom. The van der Waals surface area contributed by atoms with Crippen molar-refractivity contribution in [3.63, 3.8) is 0 Å². The molecule has 96 valence electrons. The Morgan fingerprint density at radius 2 is 2.00 bits per heavy atom. The Kier molecular flexibility index (Phi) is 3.68. The Morgan fingerprint density at radius 1 is 1.28 bits per heavy atom. The summed E-state index contributed by atoms with van der Waals surface area (Å²) in [4.78, 5) is 4.23. The molecule has 0 aliphatic carbocycles. The van der Waals surface area contributed by atoms with Crippen molar-refractivity contribution < 1.29 is 5.11 Å². The number of pyridine rings is 1. The number of nitrogens with zero attached hydrogens (tertiary/aromatic N) is 3. The molecule has 0 aliphatic heterocycles. The second-order valence-corrected chi connectivity index (χ2v) is 4.99. The third-order valence-electron chi connectivity index (χ3n) is 2.75. The van der Waals surface area contributed by atoms with Crippen LogP contribution in [0.3, 0.4) is 0 Å². The molecule has 0 bridgehead atoms. The first-order chi connectivity index (χ1) is 8.50. The van der Waals surface area contributed by atoms with Gasteiger partial charge in [-0.25, -0.2) is 0 Å². The van der Waals surface area contributed by atoms with Gasteiger partial charge in [-0.15, -0.1) is 0 Å². The molecule has 0 amide bonds. The Balaban J connectivity index is 2.42. The molecule has 1 N–H and O–H groups in total. The maximum Gasteiger partial charge on any atom is 0.139 e. The van der Waals surface area contributed by atoms with E-state index in [4.69, 9.17) is 11.6 Å². The van der Waals surface area contributed by atoms with Gasteiger partial charge in [0, 0.05) is 12.2 Å². The standard InChI is InChI=1S/C13H16ClN3O/c1-8(2)17-12(10(14)7-16-17)13(18)11-5-4-9(3)6-15-11/h4-8,13,18H,1-3H3. The number of aliphatic hydroxyl groups is 1. The van der Waals surface area contributed by atoms with Gasteiger partial charge in [-0.3, -0.25) is 9.67 Å². The largest absolute Gasteiger partial charge is 0.380 e. The van der Waals surface area contributed by atoms with E-state index in [-0.39, 0.29) is 6.04 Å². The van der Waals surface area contributed by atoms with Crippen LogP contribution in [0.15, 0.2) is 24.5 Å². The minimum absolute atomic E-state index is 0.132. The van der Waals surface area contributed by atoms with Gasteiger partial charge in [0.15, 0.2) is 0 Å². The lowest BCUT2D eigenvalue weighted by molar-refractivity contribution is 0.200. The molecular weight excluding hydrogens is 250 g/mol. The number of aryl methyl sites for hydroxylation is 1. The van der Waals surface area contributed by atoms with Crippen LogP contribution in [0.25, 0.3) is 0 Å². The van der Waals surface area contributed by atoms with Crippen LogP contribution in [-0.2, 0) is 0 Å². The van der Waals surface area contributed by atoms with E-state index in [1.165, 1.54) is 0 Å². The minimum atomic E-state index is -0.858. The lowest BCUT2D eigenvalue weighted by Gasteiger charge is -2.16. The van der Waals surface area contributed by atoms with Crippen LogP contribution in [0.2, 0.25) is 5.02 Å². The number of hydrogen-bond acceptors (Lipinski definition) is 3. The van der Waals surface area contributed by atoms with E-state index in [2.05, 4.69) is 10.1 Å². The maximum atomic E-state index is 10.4. The molecule has 2 rings (SSSR count). The van der Waals surface area contributed by atoms with Gasteiger partial charge in [-0.05, 0) is 32.4 Å². The zero-order valence-corrected chi connectivity index (χ0v) is 11.4. The fraction of sp³-hybridized carbons (Fsp3) is 0.385. The summed E-state index contributed by atoms with van der Waals surface area (Å²) in [6.07, 6.45) is 2.42. The predicted octanol–water partition coefficient (Wildman–Crippen LogP) is 2.90. The van der Waals surface area contributed by atoms with Crippen LogP contribution in [-0.4, -0.2) is 19.9 Å². The van der Waals surface area contributed by atoms with E-state index >= 15 is 0 Å². The molecule has 0 spiro atoms. The van der Waals surface area contributed by atoms with Crippen molar-refractivity contribution in [2.24, 2.45) is 0 Å². The highest BCUT2D eigenvalue weighted by Crippen LogP contribution is 2.29. The van der Waals surface area contributed by atoms with Gasteiger partial charge in [0.25, 0.3) is 0 Å². The summed E-state index contributed by atoms with van der Waals surface area (Å²) in [6.45, 7) is 5.93. The van der Waals surface area contributed by atoms with E-state index in [1.807, 2.05) is 26.8 Å². The molecule has 1 unspecified atom stereocenters. The number of rotatable bonds is 3. The molecule has 2 aromatic heterocycles. The Labute approximate surface area is 111 Å². The van der Waals surface area contributed by atoms with Crippen molar-refractivity contribution in [3.8, 4) is 0 Å². The van der Waals surface area contributed by atoms with Gasteiger partial charge >= 0.3 is 0 Å². The fourth-order valence-corrected chi connectivity index (χ4v) is 2.03. The molecule has 2 aromatic rings. The van der Waals surface area contributed by atoms with Gasteiger partial charge < -0.3 is 5.11 Å². The van der Waals surface area contributed by atoms with Gasteiger partial charge in [-0.2, -0.15) is 5.10 Å². The van der Waals surface area contributed by atoms with Crippen molar-refractivity contribution in [2.75, 3.05) is 0 Å². The second-order valence-electron chi connectivity index (χ2n) is 4.58. The molecule has 1 atom stereocenters. The molecule has 2 heterocycles. The van der Waals surface area contributed by atoms with Gasteiger partial charge in [0.05, 0.1) is 22.6 Å². The SMILES string of the molecule is Cc1ccc(C(O)c2c(Cl)cnn2C(C)C)nc1. The smallest absolute Gasteiger partial charge is 0.139 e. The van der Waals surface area contributed by atoms with Crippen molar-refractivity contribution in [1.82, 2.24) is 14.8 Å². The van der Waals surface area contributed by atoms with Crippen LogP contribution in [0.5, 0.6) is 0 Å². The summed E-state index contributed by atoms with van der Waals surface area (Å²) in [6, 6.07) is 3.84. The summed E-state index contributed by atoms with van der Waals surface area (Å²) in [5.74, 6) is 0. The molecule has 0 aliphatic rings. The molecule has 0 saturated carbocycles. The molecule has 0 radical (unpaired) electrons. The van der Waals surface area contributed by atoms with Crippen molar-refractivity contribution >= 4 is 11.6 Å². The van der Waals surface area contributed by atoms with E-state index in [1.54, 1.807) is 23.1 Å². The van der Waals surface area contributed by atoms with E-state index in [0.717, 1.165) is 5.56 Å². The molecule has 0 fully saturated rings. The first-order valence-electron chi connectivity index (χ1n) is 5.84. The van der Waals surface area contributed by atoms with Crippen molar-refractivity contribution in [2.45, 2.75) is 32.9 Å². The molecular formula is C13H16ClN3O. The van der Waals surface area contributed by atoms with Crippen molar-refractivity contribution in [1.29, 1.82) is 0 Å². The van der Waals surface area contributed by atoms with Crippen LogP contribution < -0.4 is 0 Å². The third kappa shape index (κ3) is 2.40. The topological polar surface area (TPSA) is 50.9 Å². The van der Waals surface area contributed by atoms with Crippen molar-refractivity contribution in [3.05, 3.63) is 46.5 Å². The van der Waals surface area contributed by atoms with Gasteiger partial charge in [0.1, 0.15) is 6.10 Å². The zero-order chi connectivity index (χ0) is 13.3. The van der Waals surface area contributed by atoms with Crippen LogP contribution >= 0.6 is 11.6 Å². The number of halogens is 1. The number of aromatic nitrogens is 3. The summed E-state index contributed by atoms with van der Waals surface area (Å²) in [5.41, 5.74) is 2.21. The minimum Gasteiger partial charge on any atom is -0.380 e. The van der Waals surface area contributed by atoms with E-state index in [0.29, 0.717) is 16.4 Å². The molecule has 4 nitrogen and oxygen atoms in total. The fourth-order valence-electron chi connectivity index (χ4n) is 1.80. The predicted molar refractivity (Wildman–Crippen MR) is 70.7 cm³/mol. The van der Waals surface area contributed by atoms with Gasteiger partial charge in [-0.1, -0.05) is 17.7 Å². The normalized spacial score (nSPS) is 13.0. The number of hydrogen-bond donors (Lipinski definition) is 1. The first-order valence-corrected chi connectivity index (χ1v) is 6.22. The molecule has 0 aromatic carbocycles. The van der Waals surface area contributed by atoms with Crippen LogP contribution in [0.1, 0.15) is 42.9 Å². The lowest BCUT2D eigenvalue weighted by atomic mass is 10.1. The Hall–Kier alpha value is -1.39. The maximum absolute atomic E-state index is 10.4. The highest BCUT2D eigenvalue weighted by Gasteiger charge is 2.22.